The summed E-state index contributed by atoms with van der Waals surface area (Å²) in [5, 5.41) is 0. The van der Waals surface area contributed by atoms with Crippen molar-refractivity contribution in [3.63, 3.8) is 0 Å². The number of benzene rings is 8. The maximum Gasteiger partial charge on any atom is 0.0720 e. The van der Waals surface area contributed by atoms with Gasteiger partial charge in [0.25, 0.3) is 0 Å². The Hall–Kier alpha value is -7.80. The summed E-state index contributed by atoms with van der Waals surface area (Å²) in [4.78, 5) is 0. The summed E-state index contributed by atoms with van der Waals surface area (Å²) in [6.07, 6.45) is 18.1. The zero-order valence-corrected chi connectivity index (χ0v) is 45.4. The molecule has 8 aromatic rings. The molecule has 14 rings (SSSR count). The van der Waals surface area contributed by atoms with Gasteiger partial charge in [-0.25, -0.2) is 0 Å². The molecule has 0 aromatic heterocycles. The highest BCUT2D eigenvalue weighted by atomic mass is 14.6. The minimum atomic E-state index is -0.461. The van der Waals surface area contributed by atoms with Crippen LogP contribution in [0.5, 0.6) is 0 Å². The molecule has 6 aliphatic rings. The first-order valence-corrected chi connectivity index (χ1v) is 27.7. The molecule has 0 N–H and O–H groups in total. The second-order valence-electron chi connectivity index (χ2n) is 20.8. The lowest BCUT2D eigenvalue weighted by Crippen LogP contribution is -2.44. The molecule has 6 aliphatic carbocycles. The molecule has 0 nitrogen and oxygen atoms in total. The Balaban J connectivity index is 0.000000202. The van der Waals surface area contributed by atoms with Gasteiger partial charge in [0.15, 0.2) is 0 Å². The van der Waals surface area contributed by atoms with E-state index in [2.05, 4.69) is 259 Å². The second kappa shape index (κ2) is 20.1. The van der Waals surface area contributed by atoms with Gasteiger partial charge in [0.2, 0.25) is 0 Å². The van der Waals surface area contributed by atoms with Crippen molar-refractivity contribution in [1.82, 2.24) is 0 Å². The van der Waals surface area contributed by atoms with Crippen molar-refractivity contribution in [3.05, 3.63) is 319 Å². The summed E-state index contributed by atoms with van der Waals surface area (Å²) in [5.41, 5.74) is 31.0. The Bertz CT molecular complexity index is 3610. The van der Waals surface area contributed by atoms with Gasteiger partial charge in [-0.2, -0.15) is 0 Å². The van der Waals surface area contributed by atoms with Gasteiger partial charge in [0.05, 0.1) is 10.8 Å². The summed E-state index contributed by atoms with van der Waals surface area (Å²) in [6.45, 7) is 19.3. The molecule has 2 atom stereocenters. The van der Waals surface area contributed by atoms with Gasteiger partial charge in [0, 0.05) is 11.8 Å². The van der Waals surface area contributed by atoms with Gasteiger partial charge >= 0.3 is 0 Å². The summed E-state index contributed by atoms with van der Waals surface area (Å²) >= 11 is 0. The largest absolute Gasteiger partial charge is 0.0798 e. The van der Waals surface area contributed by atoms with Crippen LogP contribution in [0.4, 0.5) is 0 Å². The maximum absolute atomic E-state index is 2.64. The number of fused-ring (bicyclic) bond motifs is 17. The van der Waals surface area contributed by atoms with Crippen molar-refractivity contribution in [2.45, 2.75) is 91.9 Å². The fourth-order valence-electron chi connectivity index (χ4n) is 13.8. The zero-order valence-electron chi connectivity index (χ0n) is 45.4. The Morgan fingerprint density at radius 1 is 0.427 bits per heavy atom. The van der Waals surface area contributed by atoms with Gasteiger partial charge in [-0.15, -0.1) is 0 Å². The Kier molecular flexibility index (Phi) is 13.3. The van der Waals surface area contributed by atoms with E-state index in [4.69, 9.17) is 0 Å². The van der Waals surface area contributed by atoms with E-state index in [9.17, 15) is 0 Å². The Morgan fingerprint density at radius 2 is 0.893 bits per heavy atom. The highest BCUT2D eigenvalue weighted by Gasteiger charge is 2.59. The van der Waals surface area contributed by atoms with Gasteiger partial charge in [-0.05, 0) is 169 Å². The molecular weight excluding hydrogens is 901 g/mol. The average Bonchev–Trinajstić information content (AvgIpc) is 4.24. The molecule has 0 radical (unpaired) electrons. The van der Waals surface area contributed by atoms with Gasteiger partial charge in [-0.1, -0.05) is 259 Å². The van der Waals surface area contributed by atoms with Crippen LogP contribution in [0.3, 0.4) is 0 Å². The summed E-state index contributed by atoms with van der Waals surface area (Å²) < 4.78 is 0. The average molecular weight is 971 g/mol. The summed E-state index contributed by atoms with van der Waals surface area (Å²) in [5.74, 6) is 0.833. The third-order valence-corrected chi connectivity index (χ3v) is 17.1. The number of rotatable bonds is 4. The van der Waals surface area contributed by atoms with E-state index >= 15 is 0 Å². The monoisotopic (exact) mass is 971 g/mol. The second-order valence-corrected chi connectivity index (χ2v) is 20.8. The van der Waals surface area contributed by atoms with Crippen molar-refractivity contribution in [2.24, 2.45) is 5.92 Å². The standard InChI is InChI=1S/C50H36.C21H22.2C2H6/c1-31-27-33-15-3-4-16-34(33)29-39(31)40-30-48-47(28-32(40)2)49(41-21-9-5-17-35(41)36-18-6-10-22-42(36)49)45-25-13-14-26-46(45)50(48)43-23-11-7-19-37(43)38-20-8-12-24-44(38)50;1-15-11-13-18(14-12-15)17(3)20-8-4-5-9-21(20)19-10-6-7-16(19)2;2*1-2/h3-28,30,34H,29H2,1-2H3;4-9,11-14,17H,10H2,1-3H3;2*1-2H3. The van der Waals surface area contributed by atoms with Crippen molar-refractivity contribution in [1.29, 1.82) is 0 Å². The predicted molar refractivity (Wildman–Crippen MR) is 321 cm³/mol. The molecule has 0 amide bonds. The van der Waals surface area contributed by atoms with E-state index in [1.54, 1.807) is 0 Å². The van der Waals surface area contributed by atoms with E-state index in [0.717, 1.165) is 12.8 Å². The smallest absolute Gasteiger partial charge is 0.0720 e. The first kappa shape index (κ1) is 49.4. The van der Waals surface area contributed by atoms with E-state index < -0.39 is 10.8 Å². The van der Waals surface area contributed by atoms with Gasteiger partial charge in [0.1, 0.15) is 0 Å². The zero-order chi connectivity index (χ0) is 52.0. The number of aryl methyl sites for hydroxylation is 2. The molecule has 370 valence electrons. The molecular formula is C75H70. The lowest BCUT2D eigenvalue weighted by atomic mass is 9.52. The van der Waals surface area contributed by atoms with Crippen LogP contribution in [-0.4, -0.2) is 0 Å². The fourth-order valence-corrected chi connectivity index (χ4v) is 13.8. The molecule has 2 unspecified atom stereocenters. The van der Waals surface area contributed by atoms with Crippen molar-refractivity contribution < 1.29 is 0 Å². The molecule has 0 aliphatic heterocycles. The van der Waals surface area contributed by atoms with Crippen LogP contribution >= 0.6 is 0 Å². The molecule has 0 heterocycles. The predicted octanol–water partition coefficient (Wildman–Crippen LogP) is 19.8. The molecule has 0 heteroatoms. The highest BCUT2D eigenvalue weighted by molar-refractivity contribution is 5.94. The SMILES string of the molecule is CC.CC.CC1=C(c2cc3c(cc2C)C2(c4ccccc4-c4ccccc42)c2ccccc2C32c3ccccc3-c3ccccc32)CC2C=CC=CC2=C1.CC1=C(c2ccccc2C(C)c2ccc(C)cc2)CC=C1. The first-order chi connectivity index (χ1) is 36.8. The van der Waals surface area contributed by atoms with Crippen molar-refractivity contribution >= 4 is 11.1 Å². The topological polar surface area (TPSA) is 0 Å². The number of allylic oxidation sites excluding steroid dienone is 12. The van der Waals surface area contributed by atoms with Gasteiger partial charge < -0.3 is 0 Å². The number of hydrogen-bond acceptors (Lipinski definition) is 0. The molecule has 75 heavy (non-hydrogen) atoms. The molecule has 0 saturated carbocycles. The van der Waals surface area contributed by atoms with Crippen LogP contribution in [0.1, 0.15) is 145 Å². The quantitative estimate of drug-likeness (QED) is 0.165. The summed E-state index contributed by atoms with van der Waals surface area (Å²) in [6, 6.07) is 69.2. The van der Waals surface area contributed by atoms with Crippen LogP contribution < -0.4 is 0 Å². The number of hydrogen-bond donors (Lipinski definition) is 0. The van der Waals surface area contributed by atoms with Crippen LogP contribution in [0.2, 0.25) is 0 Å². The third-order valence-electron chi connectivity index (χ3n) is 17.1. The normalized spacial score (nSPS) is 17.1. The van der Waals surface area contributed by atoms with Crippen LogP contribution in [0, 0.1) is 19.8 Å². The lowest BCUT2D eigenvalue weighted by Gasteiger charge is -2.49. The highest BCUT2D eigenvalue weighted by Crippen LogP contribution is 2.68. The van der Waals surface area contributed by atoms with Crippen molar-refractivity contribution in [2.75, 3.05) is 0 Å². The summed E-state index contributed by atoms with van der Waals surface area (Å²) in [7, 11) is 0. The fraction of sp³-hybridized carbons (Fsp3) is 0.200. The Labute approximate surface area is 448 Å². The van der Waals surface area contributed by atoms with Gasteiger partial charge in [-0.3, -0.25) is 0 Å². The molecule has 0 bridgehead atoms. The van der Waals surface area contributed by atoms with Crippen LogP contribution in [-0.2, 0) is 10.8 Å². The minimum Gasteiger partial charge on any atom is -0.0798 e. The van der Waals surface area contributed by atoms with E-state index in [-0.39, 0.29) is 0 Å². The lowest BCUT2D eigenvalue weighted by molar-refractivity contribution is 0.631. The van der Waals surface area contributed by atoms with Crippen LogP contribution in [0.15, 0.2) is 241 Å². The van der Waals surface area contributed by atoms with Crippen LogP contribution in [0.25, 0.3) is 33.4 Å². The molecule has 8 aromatic carbocycles. The third kappa shape index (κ3) is 7.62. The first-order valence-electron chi connectivity index (χ1n) is 27.7. The Morgan fingerprint density at radius 3 is 1.40 bits per heavy atom. The molecule has 0 fully saturated rings. The molecule has 2 spiro atoms. The molecule has 0 saturated heterocycles. The van der Waals surface area contributed by atoms with Crippen molar-refractivity contribution in [3.8, 4) is 22.3 Å². The minimum absolute atomic E-state index is 0.414. The maximum atomic E-state index is 2.64. The van der Waals surface area contributed by atoms with E-state index in [1.807, 2.05) is 27.7 Å². The van der Waals surface area contributed by atoms with E-state index in [1.165, 1.54) is 128 Å². The van der Waals surface area contributed by atoms with E-state index in [0.29, 0.717) is 11.8 Å².